The Bertz CT molecular complexity index is 1470. The van der Waals surface area contributed by atoms with Gasteiger partial charge in [0, 0.05) is 29.3 Å². The van der Waals surface area contributed by atoms with Crippen LogP contribution in [0.25, 0.3) is 16.3 Å². The molecule has 35 heavy (non-hydrogen) atoms. The predicted octanol–water partition coefficient (Wildman–Crippen LogP) is 5.39. The number of rotatable bonds is 6. The number of benzene rings is 4. The zero-order valence-electron chi connectivity index (χ0n) is 19.0. The van der Waals surface area contributed by atoms with Gasteiger partial charge in [0.05, 0.1) is 25.5 Å². The summed E-state index contributed by atoms with van der Waals surface area (Å²) in [5.74, 6) is -0.441. The number of hydrogen-bond donors (Lipinski definition) is 1. The molecule has 6 nitrogen and oxygen atoms in total. The van der Waals surface area contributed by atoms with Crippen molar-refractivity contribution in [1.82, 2.24) is 0 Å². The Morgan fingerprint density at radius 1 is 0.771 bits per heavy atom. The highest BCUT2D eigenvalue weighted by Gasteiger charge is 2.41. The summed E-state index contributed by atoms with van der Waals surface area (Å²) in [5.41, 5.74) is 1.61. The lowest BCUT2D eigenvalue weighted by Gasteiger charge is -2.18. The number of nitrogens with zero attached hydrogens (tertiary/aromatic N) is 1. The van der Waals surface area contributed by atoms with Crippen LogP contribution in [0.5, 0.6) is 11.5 Å². The van der Waals surface area contributed by atoms with Gasteiger partial charge in [-0.3, -0.25) is 9.59 Å². The fourth-order valence-corrected chi connectivity index (χ4v) is 4.18. The zero-order chi connectivity index (χ0) is 24.5. The number of methoxy groups -OCH3 is 2. The van der Waals surface area contributed by atoms with Gasteiger partial charge in [0.15, 0.2) is 0 Å². The summed E-state index contributed by atoms with van der Waals surface area (Å²) in [6, 6.07) is 23.5. The molecule has 2 amide bonds. The van der Waals surface area contributed by atoms with Gasteiger partial charge in [-0.1, -0.05) is 48.5 Å². The Labute approximate surface area is 201 Å². The Balaban J connectivity index is 1.66. The monoisotopic (exact) mass is 468 g/mol. The zero-order valence-corrected chi connectivity index (χ0v) is 19.0. The molecule has 0 fully saturated rings. The van der Waals surface area contributed by atoms with E-state index >= 15 is 0 Å². The van der Waals surface area contributed by atoms with E-state index in [2.05, 4.69) is 5.32 Å². The van der Waals surface area contributed by atoms with Gasteiger partial charge in [-0.2, -0.15) is 0 Å². The molecule has 4 aromatic carbocycles. The molecule has 1 aliphatic heterocycles. The van der Waals surface area contributed by atoms with Gasteiger partial charge in [-0.15, -0.1) is 0 Å². The van der Waals surface area contributed by atoms with Crippen LogP contribution in [0.2, 0.25) is 0 Å². The molecule has 0 bridgehead atoms. The first-order chi connectivity index (χ1) is 17.0. The number of nitrogens with one attached hydrogen (secondary N) is 1. The molecule has 0 saturated carbocycles. The fraction of sp³-hybridized carbons (Fsp3) is 0.0714. The Hall–Kier alpha value is -4.65. The molecule has 0 atom stereocenters. The second-order valence-electron chi connectivity index (χ2n) is 7.93. The molecule has 0 unspecified atom stereocenters. The van der Waals surface area contributed by atoms with E-state index in [-0.39, 0.29) is 11.3 Å². The number of anilines is 2. The third-order valence-electron chi connectivity index (χ3n) is 5.85. The van der Waals surface area contributed by atoms with Crippen molar-refractivity contribution < 1.29 is 23.5 Å². The van der Waals surface area contributed by atoms with Gasteiger partial charge in [-0.25, -0.2) is 9.29 Å². The maximum Gasteiger partial charge on any atom is 0.282 e. The van der Waals surface area contributed by atoms with Crippen LogP contribution < -0.4 is 19.7 Å². The molecule has 0 aromatic heterocycles. The van der Waals surface area contributed by atoms with Crippen molar-refractivity contribution in [3.8, 4) is 11.5 Å². The molecule has 0 spiro atoms. The minimum absolute atomic E-state index is 0.0739. The normalized spacial score (nSPS) is 13.5. The van der Waals surface area contributed by atoms with Crippen molar-refractivity contribution in [2.24, 2.45) is 0 Å². The molecular weight excluding hydrogens is 447 g/mol. The van der Waals surface area contributed by atoms with Gasteiger partial charge in [0.2, 0.25) is 0 Å². The lowest BCUT2D eigenvalue weighted by atomic mass is 10.0. The molecular formula is C28H21FN2O4. The maximum atomic E-state index is 13.8. The molecule has 1 aliphatic rings. The molecule has 7 heteroatoms. The van der Waals surface area contributed by atoms with E-state index in [0.717, 1.165) is 15.7 Å². The van der Waals surface area contributed by atoms with Crippen molar-refractivity contribution in [3.63, 3.8) is 0 Å². The first-order valence-corrected chi connectivity index (χ1v) is 10.9. The molecule has 1 N–H and O–H groups in total. The summed E-state index contributed by atoms with van der Waals surface area (Å²) >= 11 is 0. The number of ether oxygens (including phenoxy) is 2. The Kier molecular flexibility index (Phi) is 5.66. The highest BCUT2D eigenvalue weighted by Crippen LogP contribution is 2.37. The van der Waals surface area contributed by atoms with Crippen LogP contribution in [-0.2, 0) is 9.59 Å². The number of amides is 2. The predicted molar refractivity (Wildman–Crippen MR) is 133 cm³/mol. The van der Waals surface area contributed by atoms with E-state index in [1.807, 2.05) is 30.3 Å². The van der Waals surface area contributed by atoms with Gasteiger partial charge in [0.1, 0.15) is 23.0 Å². The van der Waals surface area contributed by atoms with E-state index < -0.39 is 17.6 Å². The van der Waals surface area contributed by atoms with E-state index in [1.54, 1.807) is 30.3 Å². The molecule has 0 aliphatic carbocycles. The molecule has 5 rings (SSSR count). The second-order valence-corrected chi connectivity index (χ2v) is 7.93. The molecule has 0 radical (unpaired) electrons. The van der Waals surface area contributed by atoms with Crippen LogP contribution in [0.3, 0.4) is 0 Å². The van der Waals surface area contributed by atoms with Gasteiger partial charge >= 0.3 is 0 Å². The smallest absolute Gasteiger partial charge is 0.282 e. The Morgan fingerprint density at radius 2 is 1.43 bits per heavy atom. The van der Waals surface area contributed by atoms with Crippen molar-refractivity contribution in [1.29, 1.82) is 0 Å². The summed E-state index contributed by atoms with van der Waals surface area (Å²) in [4.78, 5) is 28.7. The SMILES string of the molecule is COc1cc(NC2=C(c3ccc(F)cc3)C(=O)N(c3cccc4ccccc34)C2=O)cc(OC)c1. The molecule has 4 aromatic rings. The summed E-state index contributed by atoms with van der Waals surface area (Å²) in [5, 5.41) is 4.75. The quantitative estimate of drug-likeness (QED) is 0.384. The molecule has 0 saturated heterocycles. The topological polar surface area (TPSA) is 67.9 Å². The van der Waals surface area contributed by atoms with Gasteiger partial charge < -0.3 is 14.8 Å². The van der Waals surface area contributed by atoms with Crippen LogP contribution in [0.1, 0.15) is 5.56 Å². The highest BCUT2D eigenvalue weighted by atomic mass is 19.1. The van der Waals surface area contributed by atoms with Gasteiger partial charge in [-0.05, 0) is 29.1 Å². The van der Waals surface area contributed by atoms with Crippen molar-refractivity contribution >= 4 is 39.5 Å². The van der Waals surface area contributed by atoms with Crippen LogP contribution in [0.15, 0.2) is 90.6 Å². The van der Waals surface area contributed by atoms with Crippen LogP contribution >= 0.6 is 0 Å². The number of hydrogen-bond acceptors (Lipinski definition) is 5. The molecule has 1 heterocycles. The number of carbonyl (C=O) groups is 2. The standard InChI is InChI=1S/C28H21FN2O4/c1-34-21-14-20(15-22(16-21)35-2)30-26-25(18-10-12-19(29)13-11-18)27(32)31(28(26)33)24-9-5-7-17-6-3-4-8-23(17)24/h3-16,30H,1-2H3. The lowest BCUT2D eigenvalue weighted by molar-refractivity contribution is -0.120. The van der Waals surface area contributed by atoms with Gasteiger partial charge in [0.25, 0.3) is 11.8 Å². The largest absolute Gasteiger partial charge is 0.497 e. The lowest BCUT2D eigenvalue weighted by Crippen LogP contribution is -2.32. The summed E-state index contributed by atoms with van der Waals surface area (Å²) < 4.78 is 24.3. The average Bonchev–Trinajstić information content (AvgIpc) is 3.12. The van der Waals surface area contributed by atoms with Crippen LogP contribution in [0, 0.1) is 5.82 Å². The van der Waals surface area contributed by atoms with E-state index in [0.29, 0.717) is 28.4 Å². The fourth-order valence-electron chi connectivity index (χ4n) is 4.18. The molecule has 174 valence electrons. The number of carbonyl (C=O) groups excluding carboxylic acids is 2. The minimum Gasteiger partial charge on any atom is -0.497 e. The number of fused-ring (bicyclic) bond motifs is 1. The van der Waals surface area contributed by atoms with Crippen molar-refractivity contribution in [2.75, 3.05) is 24.4 Å². The van der Waals surface area contributed by atoms with Crippen molar-refractivity contribution in [3.05, 3.63) is 102 Å². The summed E-state index contributed by atoms with van der Waals surface area (Å²) in [7, 11) is 3.04. The minimum atomic E-state index is -0.521. The third-order valence-corrected chi connectivity index (χ3v) is 5.85. The first-order valence-electron chi connectivity index (χ1n) is 10.9. The van der Waals surface area contributed by atoms with Crippen LogP contribution in [0.4, 0.5) is 15.8 Å². The van der Waals surface area contributed by atoms with Crippen molar-refractivity contribution in [2.45, 2.75) is 0 Å². The first kappa shape index (κ1) is 22.2. The summed E-state index contributed by atoms with van der Waals surface area (Å²) in [6.45, 7) is 0. The van der Waals surface area contributed by atoms with E-state index in [9.17, 15) is 14.0 Å². The number of imide groups is 1. The second kappa shape index (κ2) is 8.95. The highest BCUT2D eigenvalue weighted by molar-refractivity contribution is 6.47. The Morgan fingerprint density at radius 3 is 2.11 bits per heavy atom. The van der Waals surface area contributed by atoms with E-state index in [4.69, 9.17) is 9.47 Å². The van der Waals surface area contributed by atoms with Crippen LogP contribution in [-0.4, -0.2) is 26.0 Å². The average molecular weight is 468 g/mol. The number of halogens is 1. The maximum absolute atomic E-state index is 13.8. The third kappa shape index (κ3) is 3.97. The summed E-state index contributed by atoms with van der Waals surface area (Å²) in [6.07, 6.45) is 0. The van der Waals surface area contributed by atoms with E-state index in [1.165, 1.54) is 38.5 Å².